The fourth-order valence-corrected chi connectivity index (χ4v) is 1.91. The monoisotopic (exact) mass is 294 g/mol. The summed E-state index contributed by atoms with van der Waals surface area (Å²) < 4.78 is 34.6. The average molecular weight is 294 g/mol. The Kier molecular flexibility index (Phi) is 5.45. The van der Waals surface area contributed by atoms with Crippen molar-refractivity contribution in [3.63, 3.8) is 0 Å². The highest BCUT2D eigenvalue weighted by atomic mass is 19.3. The Morgan fingerprint density at radius 3 is 2.67 bits per heavy atom. The van der Waals surface area contributed by atoms with E-state index in [0.717, 1.165) is 5.69 Å². The lowest BCUT2D eigenvalue weighted by Gasteiger charge is -2.14. The standard InChI is InChI=1S/C15H16F2N2O2/c1-20-13-7-4-5-11(14(13)21-15(16)17)9-18-10-12-6-2-3-8-19-12/h2-8,15,18H,9-10H2,1H3. The lowest BCUT2D eigenvalue weighted by molar-refractivity contribution is -0.0518. The predicted molar refractivity (Wildman–Crippen MR) is 74.4 cm³/mol. The summed E-state index contributed by atoms with van der Waals surface area (Å²) in [6.45, 7) is -1.99. The van der Waals surface area contributed by atoms with Gasteiger partial charge in [0.15, 0.2) is 11.5 Å². The number of aromatic nitrogens is 1. The van der Waals surface area contributed by atoms with Gasteiger partial charge in [0.25, 0.3) is 0 Å². The van der Waals surface area contributed by atoms with Crippen molar-refractivity contribution < 1.29 is 18.3 Å². The molecule has 0 radical (unpaired) electrons. The third-order valence-corrected chi connectivity index (χ3v) is 2.84. The van der Waals surface area contributed by atoms with Gasteiger partial charge in [-0.3, -0.25) is 4.98 Å². The van der Waals surface area contributed by atoms with Crippen molar-refractivity contribution in [3.8, 4) is 11.5 Å². The van der Waals surface area contributed by atoms with E-state index >= 15 is 0 Å². The highest BCUT2D eigenvalue weighted by molar-refractivity contribution is 5.46. The molecule has 21 heavy (non-hydrogen) atoms. The molecule has 0 saturated carbocycles. The number of hydrogen-bond donors (Lipinski definition) is 1. The molecule has 6 heteroatoms. The summed E-state index contributed by atoms with van der Waals surface area (Å²) in [7, 11) is 1.42. The highest BCUT2D eigenvalue weighted by Crippen LogP contribution is 2.32. The molecule has 1 aromatic heterocycles. The second-order valence-corrected chi connectivity index (χ2v) is 4.25. The summed E-state index contributed by atoms with van der Waals surface area (Å²) in [5.74, 6) is 0.343. The number of benzene rings is 1. The first-order valence-corrected chi connectivity index (χ1v) is 6.42. The molecule has 2 rings (SSSR count). The third kappa shape index (κ3) is 4.39. The molecule has 0 atom stereocenters. The minimum Gasteiger partial charge on any atom is -0.493 e. The maximum atomic E-state index is 12.5. The fourth-order valence-electron chi connectivity index (χ4n) is 1.91. The largest absolute Gasteiger partial charge is 0.493 e. The lowest BCUT2D eigenvalue weighted by atomic mass is 10.2. The Labute approximate surface area is 121 Å². The zero-order valence-corrected chi connectivity index (χ0v) is 11.6. The van der Waals surface area contributed by atoms with E-state index in [2.05, 4.69) is 15.0 Å². The number of nitrogens with zero attached hydrogens (tertiary/aromatic N) is 1. The van der Waals surface area contributed by atoms with Crippen LogP contribution in [0.25, 0.3) is 0 Å². The second-order valence-electron chi connectivity index (χ2n) is 4.25. The number of nitrogens with one attached hydrogen (secondary N) is 1. The van der Waals surface area contributed by atoms with Crippen LogP contribution in [-0.4, -0.2) is 18.7 Å². The van der Waals surface area contributed by atoms with E-state index in [1.165, 1.54) is 7.11 Å². The van der Waals surface area contributed by atoms with Crippen molar-refractivity contribution in [3.05, 3.63) is 53.9 Å². The number of ether oxygens (including phenoxy) is 2. The van der Waals surface area contributed by atoms with Crippen molar-refractivity contribution in [2.45, 2.75) is 19.7 Å². The smallest absolute Gasteiger partial charge is 0.387 e. The van der Waals surface area contributed by atoms with Crippen molar-refractivity contribution in [2.24, 2.45) is 0 Å². The van der Waals surface area contributed by atoms with Crippen LogP contribution in [0.15, 0.2) is 42.6 Å². The molecule has 1 aromatic carbocycles. The zero-order valence-electron chi connectivity index (χ0n) is 11.6. The molecular formula is C15H16F2N2O2. The van der Waals surface area contributed by atoms with E-state index < -0.39 is 6.61 Å². The topological polar surface area (TPSA) is 43.4 Å². The number of methoxy groups -OCH3 is 1. The quantitative estimate of drug-likeness (QED) is 0.852. The number of para-hydroxylation sites is 1. The van der Waals surface area contributed by atoms with Crippen LogP contribution in [-0.2, 0) is 13.1 Å². The second kappa shape index (κ2) is 7.54. The molecule has 0 aliphatic rings. The zero-order chi connectivity index (χ0) is 15.1. The van der Waals surface area contributed by atoms with Gasteiger partial charge in [-0.15, -0.1) is 0 Å². The summed E-state index contributed by atoms with van der Waals surface area (Å²) in [6, 6.07) is 10.6. The van der Waals surface area contributed by atoms with E-state index in [0.29, 0.717) is 18.7 Å². The Morgan fingerprint density at radius 2 is 2.00 bits per heavy atom. The number of halogens is 2. The molecule has 0 amide bonds. The average Bonchev–Trinajstić information content (AvgIpc) is 2.49. The van der Waals surface area contributed by atoms with Crippen LogP contribution in [0.3, 0.4) is 0 Å². The molecule has 4 nitrogen and oxygen atoms in total. The summed E-state index contributed by atoms with van der Waals surface area (Å²) in [5.41, 5.74) is 1.47. The van der Waals surface area contributed by atoms with E-state index in [-0.39, 0.29) is 11.5 Å². The third-order valence-electron chi connectivity index (χ3n) is 2.84. The van der Waals surface area contributed by atoms with Crippen LogP contribution < -0.4 is 14.8 Å². The molecule has 0 bridgehead atoms. The lowest BCUT2D eigenvalue weighted by Crippen LogP contribution is -2.15. The Hall–Kier alpha value is -2.21. The highest BCUT2D eigenvalue weighted by Gasteiger charge is 2.14. The van der Waals surface area contributed by atoms with Gasteiger partial charge >= 0.3 is 6.61 Å². The van der Waals surface area contributed by atoms with Crippen LogP contribution in [0.5, 0.6) is 11.5 Å². The van der Waals surface area contributed by atoms with Crippen molar-refractivity contribution in [1.29, 1.82) is 0 Å². The molecule has 2 aromatic rings. The molecule has 1 heterocycles. The number of hydrogen-bond acceptors (Lipinski definition) is 4. The first kappa shape index (κ1) is 15.2. The van der Waals surface area contributed by atoms with E-state index in [9.17, 15) is 8.78 Å². The van der Waals surface area contributed by atoms with Gasteiger partial charge in [-0.25, -0.2) is 0 Å². The molecule has 0 aliphatic carbocycles. The van der Waals surface area contributed by atoms with Crippen LogP contribution in [0.1, 0.15) is 11.3 Å². The Morgan fingerprint density at radius 1 is 1.14 bits per heavy atom. The fraction of sp³-hybridized carbons (Fsp3) is 0.267. The molecule has 0 saturated heterocycles. The molecule has 0 fully saturated rings. The van der Waals surface area contributed by atoms with Gasteiger partial charge in [0, 0.05) is 24.8 Å². The van der Waals surface area contributed by atoms with Crippen molar-refractivity contribution >= 4 is 0 Å². The first-order chi connectivity index (χ1) is 10.2. The van der Waals surface area contributed by atoms with Gasteiger partial charge in [0.2, 0.25) is 0 Å². The van der Waals surface area contributed by atoms with Crippen LogP contribution in [0, 0.1) is 0 Å². The summed E-state index contributed by atoms with van der Waals surface area (Å²) in [6.07, 6.45) is 1.70. The normalized spacial score (nSPS) is 10.7. The summed E-state index contributed by atoms with van der Waals surface area (Å²) in [4.78, 5) is 4.18. The molecule has 0 aliphatic heterocycles. The molecule has 0 unspecified atom stereocenters. The first-order valence-electron chi connectivity index (χ1n) is 6.42. The Balaban J connectivity index is 2.05. The van der Waals surface area contributed by atoms with Gasteiger partial charge in [-0.05, 0) is 18.2 Å². The SMILES string of the molecule is COc1cccc(CNCc2ccccn2)c1OC(F)F. The van der Waals surface area contributed by atoms with Crippen LogP contribution in [0.2, 0.25) is 0 Å². The molecule has 1 N–H and O–H groups in total. The number of pyridine rings is 1. The maximum Gasteiger partial charge on any atom is 0.387 e. The van der Waals surface area contributed by atoms with Gasteiger partial charge in [-0.1, -0.05) is 18.2 Å². The van der Waals surface area contributed by atoms with Gasteiger partial charge in [0.1, 0.15) is 0 Å². The van der Waals surface area contributed by atoms with Gasteiger partial charge in [0.05, 0.1) is 12.8 Å². The molecule has 0 spiro atoms. The van der Waals surface area contributed by atoms with Crippen molar-refractivity contribution in [1.82, 2.24) is 10.3 Å². The number of rotatable bonds is 7. The van der Waals surface area contributed by atoms with E-state index in [1.54, 1.807) is 24.4 Å². The van der Waals surface area contributed by atoms with Gasteiger partial charge < -0.3 is 14.8 Å². The molecule has 112 valence electrons. The summed E-state index contributed by atoms with van der Waals surface area (Å²) >= 11 is 0. The number of alkyl halides is 2. The molecular weight excluding hydrogens is 278 g/mol. The minimum absolute atomic E-state index is 0.0588. The predicted octanol–water partition coefficient (Wildman–Crippen LogP) is 2.98. The van der Waals surface area contributed by atoms with E-state index in [1.807, 2.05) is 18.2 Å². The van der Waals surface area contributed by atoms with Crippen molar-refractivity contribution in [2.75, 3.05) is 7.11 Å². The van der Waals surface area contributed by atoms with Gasteiger partial charge in [-0.2, -0.15) is 8.78 Å². The van der Waals surface area contributed by atoms with E-state index in [4.69, 9.17) is 4.74 Å². The summed E-state index contributed by atoms with van der Waals surface area (Å²) in [5, 5.41) is 3.14. The van der Waals surface area contributed by atoms with Crippen LogP contribution in [0.4, 0.5) is 8.78 Å². The minimum atomic E-state index is -2.89. The van der Waals surface area contributed by atoms with Crippen LogP contribution >= 0.6 is 0 Å². The Bertz CT molecular complexity index is 565. The maximum absolute atomic E-state index is 12.5.